The number of aromatic nitrogens is 2. The predicted molar refractivity (Wildman–Crippen MR) is 118 cm³/mol. The fourth-order valence-electron chi connectivity index (χ4n) is 4.35. The van der Waals surface area contributed by atoms with Gasteiger partial charge in [-0.15, -0.1) is 0 Å². The number of hydrogen-bond donors (Lipinski definition) is 3. The first-order valence-electron chi connectivity index (χ1n) is 10.4. The molecular weight excluding hydrogens is 417 g/mol. The summed E-state index contributed by atoms with van der Waals surface area (Å²) in [6.07, 6.45) is 2.13. The van der Waals surface area contributed by atoms with E-state index in [0.29, 0.717) is 35.8 Å². The molecule has 4 rings (SSSR count). The second kappa shape index (κ2) is 9.83. The third kappa shape index (κ3) is 5.10. The highest BCUT2D eigenvalue weighted by Gasteiger charge is 2.42. The van der Waals surface area contributed by atoms with Crippen LogP contribution < -0.4 is 5.32 Å². The van der Waals surface area contributed by atoms with Crippen LogP contribution in [0, 0.1) is 17.7 Å². The minimum Gasteiger partial charge on any atom is -0.396 e. The average Bonchev–Trinajstić information content (AvgIpc) is 3.08. The van der Waals surface area contributed by atoms with Crippen molar-refractivity contribution < 1.29 is 14.6 Å². The van der Waals surface area contributed by atoms with Crippen LogP contribution in [0.15, 0.2) is 60.8 Å². The van der Waals surface area contributed by atoms with Crippen LogP contribution in [0.2, 0.25) is 5.02 Å². The molecule has 0 bridgehead atoms. The van der Waals surface area contributed by atoms with Crippen molar-refractivity contribution in [3.8, 4) is 11.4 Å². The summed E-state index contributed by atoms with van der Waals surface area (Å²) in [6, 6.07) is 15.9. The number of nitrogens with zero attached hydrogens (tertiary/aromatic N) is 2. The third-order valence-corrected chi connectivity index (χ3v) is 6.27. The Kier molecular flexibility index (Phi) is 6.92. The van der Waals surface area contributed by atoms with E-state index >= 15 is 0 Å². The van der Waals surface area contributed by atoms with Gasteiger partial charge in [0.25, 0.3) is 0 Å². The maximum atomic E-state index is 14.2. The molecule has 0 saturated heterocycles. The van der Waals surface area contributed by atoms with Crippen molar-refractivity contribution in [2.24, 2.45) is 11.8 Å². The Balaban J connectivity index is 1.52. The topological polar surface area (TPSA) is 78.3 Å². The summed E-state index contributed by atoms with van der Waals surface area (Å²) in [6.45, 7) is 0.531. The van der Waals surface area contributed by atoms with Gasteiger partial charge >= 0.3 is 0 Å². The van der Waals surface area contributed by atoms with Gasteiger partial charge in [0.05, 0.1) is 11.7 Å². The van der Waals surface area contributed by atoms with Gasteiger partial charge in [-0.1, -0.05) is 35.9 Å². The summed E-state index contributed by atoms with van der Waals surface area (Å²) in [5, 5.41) is 24.6. The van der Waals surface area contributed by atoms with Crippen molar-refractivity contribution in [1.29, 1.82) is 0 Å². The lowest BCUT2D eigenvalue weighted by molar-refractivity contribution is 0.0716. The third-order valence-electron chi connectivity index (χ3n) is 6.02. The van der Waals surface area contributed by atoms with E-state index in [1.165, 1.54) is 6.07 Å². The molecule has 7 heteroatoms. The first-order chi connectivity index (χ1) is 15.0. The molecule has 1 heterocycles. The van der Waals surface area contributed by atoms with Gasteiger partial charge in [0, 0.05) is 42.0 Å². The standard InChI is InChI=1S/C24H25ClFN3O2/c25-16-7-5-15(6-8-16)13-28-22-12-23(31)20(14-30)19(22)11-17-9-10-27-24(29-17)18-3-1-2-4-21(18)26/h1-10,19-20,22-23,28,30-31H,11-14H2. The van der Waals surface area contributed by atoms with Gasteiger partial charge in [-0.05, 0) is 54.7 Å². The van der Waals surface area contributed by atoms with Crippen LogP contribution in [0.3, 0.4) is 0 Å². The van der Waals surface area contributed by atoms with Crippen LogP contribution in [0.1, 0.15) is 17.7 Å². The number of aliphatic hydroxyl groups is 2. The molecule has 2 aromatic carbocycles. The number of aliphatic hydroxyl groups excluding tert-OH is 2. The lowest BCUT2D eigenvalue weighted by Gasteiger charge is -2.25. The zero-order chi connectivity index (χ0) is 21.8. The number of benzene rings is 2. The summed E-state index contributed by atoms with van der Waals surface area (Å²) < 4.78 is 14.2. The zero-order valence-corrected chi connectivity index (χ0v) is 17.7. The van der Waals surface area contributed by atoms with Gasteiger partial charge in [0.1, 0.15) is 5.82 Å². The Morgan fingerprint density at radius 3 is 2.58 bits per heavy atom. The predicted octanol–water partition coefficient (Wildman–Crippen LogP) is 3.63. The molecule has 1 aromatic heterocycles. The molecule has 1 fully saturated rings. The fourth-order valence-corrected chi connectivity index (χ4v) is 4.48. The van der Waals surface area contributed by atoms with Gasteiger partial charge in [0.2, 0.25) is 0 Å². The molecule has 0 spiro atoms. The Morgan fingerprint density at radius 2 is 1.84 bits per heavy atom. The lowest BCUT2D eigenvalue weighted by Crippen LogP contribution is -2.36. The fraction of sp³-hybridized carbons (Fsp3) is 0.333. The number of rotatable bonds is 7. The van der Waals surface area contributed by atoms with Crippen molar-refractivity contribution in [3.63, 3.8) is 0 Å². The van der Waals surface area contributed by atoms with E-state index in [-0.39, 0.29) is 30.3 Å². The number of hydrogen-bond acceptors (Lipinski definition) is 5. The van der Waals surface area contributed by atoms with Crippen LogP contribution in [0.25, 0.3) is 11.4 Å². The monoisotopic (exact) mass is 441 g/mol. The Labute approximate surface area is 186 Å². The number of halogens is 2. The molecule has 0 aliphatic heterocycles. The van der Waals surface area contributed by atoms with Crippen LogP contribution in [0.5, 0.6) is 0 Å². The molecule has 0 amide bonds. The molecule has 3 N–H and O–H groups in total. The van der Waals surface area contributed by atoms with Crippen LogP contribution >= 0.6 is 11.6 Å². The minimum absolute atomic E-state index is 0.00899. The molecule has 31 heavy (non-hydrogen) atoms. The summed E-state index contributed by atoms with van der Waals surface area (Å²) in [4.78, 5) is 8.79. The molecule has 1 aliphatic carbocycles. The molecule has 4 atom stereocenters. The van der Waals surface area contributed by atoms with E-state index in [1.54, 1.807) is 30.5 Å². The second-order valence-corrected chi connectivity index (χ2v) is 8.42. The smallest absolute Gasteiger partial charge is 0.162 e. The SMILES string of the molecule is OCC1C(O)CC(NCc2ccc(Cl)cc2)C1Cc1ccnc(-c2ccccc2F)n1. The maximum Gasteiger partial charge on any atom is 0.162 e. The highest BCUT2D eigenvalue weighted by molar-refractivity contribution is 6.30. The van der Waals surface area contributed by atoms with Crippen molar-refractivity contribution in [2.75, 3.05) is 6.61 Å². The van der Waals surface area contributed by atoms with E-state index in [9.17, 15) is 14.6 Å². The van der Waals surface area contributed by atoms with Gasteiger partial charge in [-0.25, -0.2) is 14.4 Å². The van der Waals surface area contributed by atoms with Crippen LogP contribution in [-0.2, 0) is 13.0 Å². The maximum absolute atomic E-state index is 14.2. The zero-order valence-electron chi connectivity index (χ0n) is 17.0. The van der Waals surface area contributed by atoms with Crippen molar-refractivity contribution in [2.45, 2.75) is 31.5 Å². The van der Waals surface area contributed by atoms with E-state index < -0.39 is 6.10 Å². The summed E-state index contributed by atoms with van der Waals surface area (Å²) in [7, 11) is 0. The highest BCUT2D eigenvalue weighted by Crippen LogP contribution is 2.35. The molecule has 1 aliphatic rings. The Bertz CT molecular complexity index is 1020. The van der Waals surface area contributed by atoms with Crippen molar-refractivity contribution in [1.82, 2.24) is 15.3 Å². The lowest BCUT2D eigenvalue weighted by atomic mass is 9.88. The second-order valence-electron chi connectivity index (χ2n) is 7.98. The molecule has 162 valence electrons. The first kappa shape index (κ1) is 21.8. The molecule has 3 aromatic rings. The summed E-state index contributed by atoms with van der Waals surface area (Å²) >= 11 is 5.96. The van der Waals surface area contributed by atoms with Gasteiger partial charge < -0.3 is 15.5 Å². The normalized spacial score (nSPS) is 23.2. The molecule has 5 nitrogen and oxygen atoms in total. The Hall–Kier alpha value is -2.38. The van der Waals surface area contributed by atoms with E-state index in [1.807, 2.05) is 24.3 Å². The quantitative estimate of drug-likeness (QED) is 0.522. The summed E-state index contributed by atoms with van der Waals surface area (Å²) in [5.74, 6) is -0.308. The van der Waals surface area contributed by atoms with E-state index in [4.69, 9.17) is 11.6 Å². The van der Waals surface area contributed by atoms with Crippen LogP contribution in [0.4, 0.5) is 4.39 Å². The van der Waals surface area contributed by atoms with Crippen molar-refractivity contribution in [3.05, 3.63) is 82.9 Å². The Morgan fingerprint density at radius 1 is 1.06 bits per heavy atom. The molecule has 0 radical (unpaired) electrons. The van der Waals surface area contributed by atoms with Gasteiger partial charge in [-0.3, -0.25) is 0 Å². The van der Waals surface area contributed by atoms with Gasteiger partial charge in [0.15, 0.2) is 5.82 Å². The van der Waals surface area contributed by atoms with E-state index in [2.05, 4.69) is 15.3 Å². The number of nitrogens with one attached hydrogen (secondary N) is 1. The summed E-state index contributed by atoms with van der Waals surface area (Å²) in [5.41, 5.74) is 2.20. The first-order valence-corrected chi connectivity index (χ1v) is 10.8. The highest BCUT2D eigenvalue weighted by atomic mass is 35.5. The molecule has 1 saturated carbocycles. The largest absolute Gasteiger partial charge is 0.396 e. The van der Waals surface area contributed by atoms with E-state index in [0.717, 1.165) is 11.3 Å². The van der Waals surface area contributed by atoms with Crippen molar-refractivity contribution >= 4 is 11.6 Å². The molecule has 4 unspecified atom stereocenters. The average molecular weight is 442 g/mol. The van der Waals surface area contributed by atoms with Crippen LogP contribution in [-0.4, -0.2) is 38.9 Å². The molecular formula is C24H25ClFN3O2. The minimum atomic E-state index is -0.592. The van der Waals surface area contributed by atoms with Gasteiger partial charge in [-0.2, -0.15) is 0 Å².